The molecule has 5 rings (SSSR count). The molecule has 0 unspecified atom stereocenters. The molecule has 5 aromatic rings. The van der Waals surface area contributed by atoms with E-state index in [9.17, 15) is 23.6 Å². The molecule has 0 radical (unpaired) electrons. The molecule has 0 aromatic heterocycles. The van der Waals surface area contributed by atoms with Gasteiger partial charge in [0.25, 0.3) is 0 Å². The van der Waals surface area contributed by atoms with E-state index < -0.39 is 5.97 Å². The van der Waals surface area contributed by atoms with Crippen LogP contribution in [0.4, 0.5) is 10.1 Å². The van der Waals surface area contributed by atoms with Gasteiger partial charge in [-0.25, -0.2) is 9.18 Å². The first-order chi connectivity index (χ1) is 25.5. The maximum Gasteiger partial charge on any atom is 0.337 e. The Morgan fingerprint density at radius 3 is 1.77 bits per heavy atom. The van der Waals surface area contributed by atoms with Crippen molar-refractivity contribution in [1.82, 2.24) is 0 Å². The van der Waals surface area contributed by atoms with Crippen molar-refractivity contribution in [3.63, 3.8) is 0 Å². The number of hydrogen-bond acceptors (Lipinski definition) is 8. The Kier molecular flexibility index (Phi) is 12.7. The Labute approximate surface area is 307 Å². The zero-order valence-corrected chi connectivity index (χ0v) is 29.9. The first-order valence-corrected chi connectivity index (χ1v) is 17.0. The Bertz CT molecular complexity index is 2090. The lowest BCUT2D eigenvalue weighted by atomic mass is 9.97. The lowest BCUT2D eigenvalue weighted by Gasteiger charge is -2.17. The van der Waals surface area contributed by atoms with Gasteiger partial charge >= 0.3 is 5.97 Å². The van der Waals surface area contributed by atoms with Crippen LogP contribution in [0.15, 0.2) is 109 Å². The van der Waals surface area contributed by atoms with Crippen molar-refractivity contribution in [1.29, 1.82) is 0 Å². The number of nitrogens with one attached hydrogen (secondary N) is 1. The molecule has 10 heteroatoms. The fraction of sp³-hybridized carbons (Fsp3) is 0.209. The molecule has 53 heavy (non-hydrogen) atoms. The van der Waals surface area contributed by atoms with E-state index in [-0.39, 0.29) is 61.0 Å². The fourth-order valence-corrected chi connectivity index (χ4v) is 5.45. The number of amides is 1. The monoisotopic (exact) mass is 717 g/mol. The zero-order chi connectivity index (χ0) is 37.9. The van der Waals surface area contributed by atoms with Crippen LogP contribution in [0.3, 0.4) is 0 Å². The predicted octanol–water partition coefficient (Wildman–Crippen LogP) is 8.37. The van der Waals surface area contributed by atoms with Crippen LogP contribution >= 0.6 is 0 Å². The number of rotatable bonds is 16. The predicted molar refractivity (Wildman–Crippen MR) is 198 cm³/mol. The number of ether oxygens (including phenoxy) is 4. The van der Waals surface area contributed by atoms with Crippen LogP contribution in [-0.4, -0.2) is 36.7 Å². The van der Waals surface area contributed by atoms with Crippen molar-refractivity contribution in [2.24, 2.45) is 0 Å². The summed E-state index contributed by atoms with van der Waals surface area (Å²) in [6.07, 6.45) is -0.335. The highest BCUT2D eigenvalue weighted by molar-refractivity contribution is 6.01. The Morgan fingerprint density at radius 1 is 0.642 bits per heavy atom. The molecule has 5 aromatic carbocycles. The third kappa shape index (κ3) is 10.6. The van der Waals surface area contributed by atoms with E-state index in [1.54, 1.807) is 60.7 Å². The van der Waals surface area contributed by atoms with Crippen LogP contribution in [0.2, 0.25) is 0 Å². The van der Waals surface area contributed by atoms with Crippen molar-refractivity contribution in [2.75, 3.05) is 12.4 Å². The lowest BCUT2D eigenvalue weighted by molar-refractivity contribution is -0.114. The summed E-state index contributed by atoms with van der Waals surface area (Å²) >= 11 is 0. The summed E-state index contributed by atoms with van der Waals surface area (Å²) in [4.78, 5) is 51.5. The molecule has 0 aliphatic rings. The first-order valence-electron chi connectivity index (χ1n) is 17.0. The molecule has 0 heterocycles. The SMILES string of the molecule is COC(=O)c1ccc(CC(=O)c2ccc(CC(=O)c3ccc(NC(C)=O)c(OCc4ccccc4)c3)c(OC(C)C)c2)c(OCc2ccc(F)cc2)c1. The molecule has 1 N–H and O–H groups in total. The second kappa shape index (κ2) is 17.8. The highest BCUT2D eigenvalue weighted by Crippen LogP contribution is 2.30. The van der Waals surface area contributed by atoms with Gasteiger partial charge in [-0.05, 0) is 73.5 Å². The van der Waals surface area contributed by atoms with Gasteiger partial charge in [0.15, 0.2) is 11.6 Å². The van der Waals surface area contributed by atoms with Crippen molar-refractivity contribution >= 4 is 29.1 Å². The molecule has 0 atom stereocenters. The minimum atomic E-state index is -0.560. The smallest absolute Gasteiger partial charge is 0.337 e. The second-order valence-electron chi connectivity index (χ2n) is 12.6. The van der Waals surface area contributed by atoms with Gasteiger partial charge in [-0.15, -0.1) is 0 Å². The number of anilines is 1. The number of carbonyl (C=O) groups is 4. The number of Topliss-reactive ketones (excluding diaryl/α,β-unsaturated/α-hetero) is 2. The maximum absolute atomic E-state index is 13.7. The molecule has 272 valence electrons. The number of halogens is 1. The normalized spacial score (nSPS) is 10.8. The van der Waals surface area contributed by atoms with E-state index in [0.29, 0.717) is 50.8 Å². The zero-order valence-electron chi connectivity index (χ0n) is 29.9. The molecule has 0 fully saturated rings. The van der Waals surface area contributed by atoms with Gasteiger partial charge in [0.1, 0.15) is 36.3 Å². The number of methoxy groups -OCH3 is 1. The van der Waals surface area contributed by atoms with E-state index in [1.807, 2.05) is 44.2 Å². The summed E-state index contributed by atoms with van der Waals surface area (Å²) in [6, 6.07) is 29.9. The summed E-state index contributed by atoms with van der Waals surface area (Å²) in [5.41, 5.74) is 4.17. The van der Waals surface area contributed by atoms with Crippen molar-refractivity contribution in [3.8, 4) is 17.2 Å². The van der Waals surface area contributed by atoms with Gasteiger partial charge in [-0.2, -0.15) is 0 Å². The minimum Gasteiger partial charge on any atom is -0.491 e. The molecule has 0 bridgehead atoms. The van der Waals surface area contributed by atoms with Crippen LogP contribution in [-0.2, 0) is 35.6 Å². The van der Waals surface area contributed by atoms with Gasteiger partial charge in [0, 0.05) is 42.0 Å². The summed E-state index contributed by atoms with van der Waals surface area (Å²) in [5.74, 6) is -0.616. The number of hydrogen-bond donors (Lipinski definition) is 1. The molecule has 0 aliphatic carbocycles. The summed E-state index contributed by atoms with van der Waals surface area (Å²) < 4.78 is 36.4. The van der Waals surface area contributed by atoms with E-state index >= 15 is 0 Å². The average Bonchev–Trinajstić information content (AvgIpc) is 3.14. The second-order valence-corrected chi connectivity index (χ2v) is 12.6. The molecule has 0 saturated carbocycles. The molecule has 0 spiro atoms. The van der Waals surface area contributed by atoms with E-state index in [4.69, 9.17) is 18.9 Å². The summed E-state index contributed by atoms with van der Waals surface area (Å²) in [5, 5.41) is 2.75. The number of carbonyl (C=O) groups excluding carboxylic acids is 4. The number of benzene rings is 5. The van der Waals surface area contributed by atoms with E-state index in [2.05, 4.69) is 5.32 Å². The standard InChI is InChI=1S/C43H40FNO8/c1-27(2)53-41-22-31(38(47)20-33-14-15-35(43(49)50-4)24-40(33)51-26-30-10-17-36(44)18-11-30)12-13-34(41)21-39(48)32-16-19-37(45-28(3)46)42(23-32)52-25-29-8-6-5-7-9-29/h5-19,22-24,27H,20-21,25-26H2,1-4H3,(H,45,46). The van der Waals surface area contributed by atoms with E-state index in [1.165, 1.54) is 32.2 Å². The molecule has 1 amide bonds. The van der Waals surface area contributed by atoms with Crippen molar-refractivity contribution in [2.45, 2.75) is 52.9 Å². The van der Waals surface area contributed by atoms with Crippen molar-refractivity contribution < 1.29 is 42.5 Å². The van der Waals surface area contributed by atoms with Gasteiger partial charge in [0.05, 0.1) is 24.5 Å². The summed E-state index contributed by atoms with van der Waals surface area (Å²) in [7, 11) is 1.27. The van der Waals surface area contributed by atoms with E-state index in [0.717, 1.165) is 5.56 Å². The molecular weight excluding hydrogens is 677 g/mol. The minimum absolute atomic E-state index is 0.0233. The Balaban J connectivity index is 1.36. The van der Waals surface area contributed by atoms with Crippen LogP contribution < -0.4 is 19.5 Å². The summed E-state index contributed by atoms with van der Waals surface area (Å²) in [6.45, 7) is 5.42. The van der Waals surface area contributed by atoms with Crippen LogP contribution in [0, 0.1) is 5.82 Å². The lowest BCUT2D eigenvalue weighted by Crippen LogP contribution is -2.13. The van der Waals surface area contributed by atoms with Gasteiger partial charge < -0.3 is 24.3 Å². The van der Waals surface area contributed by atoms with Gasteiger partial charge in [0.2, 0.25) is 5.91 Å². The maximum atomic E-state index is 13.7. The highest BCUT2D eigenvalue weighted by atomic mass is 19.1. The van der Waals surface area contributed by atoms with Gasteiger partial charge in [-0.3, -0.25) is 14.4 Å². The highest BCUT2D eigenvalue weighted by Gasteiger charge is 2.20. The number of ketones is 2. The number of esters is 1. The third-order valence-corrected chi connectivity index (χ3v) is 8.10. The molecule has 9 nitrogen and oxygen atoms in total. The third-order valence-electron chi connectivity index (χ3n) is 8.10. The average molecular weight is 718 g/mol. The fourth-order valence-electron chi connectivity index (χ4n) is 5.45. The van der Waals surface area contributed by atoms with Gasteiger partial charge in [-0.1, -0.05) is 60.7 Å². The Morgan fingerprint density at radius 2 is 1.17 bits per heavy atom. The van der Waals surface area contributed by atoms with Crippen LogP contribution in [0.25, 0.3) is 0 Å². The molecular formula is C43H40FNO8. The van der Waals surface area contributed by atoms with Crippen LogP contribution in [0.5, 0.6) is 17.2 Å². The van der Waals surface area contributed by atoms with Crippen molar-refractivity contribution in [3.05, 3.63) is 154 Å². The molecule has 0 saturated heterocycles. The quantitative estimate of drug-likeness (QED) is 0.0800. The first kappa shape index (κ1) is 38.0. The topological polar surface area (TPSA) is 117 Å². The largest absolute Gasteiger partial charge is 0.491 e. The molecule has 0 aliphatic heterocycles. The Hall–Kier alpha value is -6.29. The van der Waals surface area contributed by atoms with Crippen LogP contribution in [0.1, 0.15) is 74.1 Å².